The number of nitrogens with zero attached hydrogens (tertiary/aromatic N) is 3. The van der Waals surface area contributed by atoms with Crippen molar-refractivity contribution < 1.29 is 9.15 Å². The lowest BCUT2D eigenvalue weighted by atomic mass is 10.3. The molecule has 0 radical (unpaired) electrons. The number of nitrogens with one attached hydrogen (secondary N) is 1. The number of aromatic nitrogens is 1. The largest absolute Gasteiger partial charge is 0.469 e. The Balaban J connectivity index is 1.81. The third kappa shape index (κ3) is 7.70. The molecular weight excluding hydrogens is 336 g/mol. The van der Waals surface area contributed by atoms with Gasteiger partial charge in [0.1, 0.15) is 5.76 Å². The number of likely N-dealkylation sites (N-methyl/N-ethyl adjacent to an activating group) is 1. The highest BCUT2D eigenvalue weighted by Crippen LogP contribution is 2.05. The summed E-state index contributed by atoms with van der Waals surface area (Å²) in [7, 11) is 2.06. The van der Waals surface area contributed by atoms with E-state index in [-0.39, 0.29) is 0 Å². The molecule has 0 saturated carbocycles. The van der Waals surface area contributed by atoms with E-state index in [0.717, 1.165) is 68.8 Å². The predicted octanol–water partition coefficient (Wildman–Crippen LogP) is 2.83. The zero-order valence-electron chi connectivity index (χ0n) is 15.1. The van der Waals surface area contributed by atoms with Crippen LogP contribution in [0.1, 0.15) is 24.1 Å². The highest BCUT2D eigenvalue weighted by atomic mass is 32.1. The van der Waals surface area contributed by atoms with Crippen LogP contribution in [0.25, 0.3) is 0 Å². The van der Waals surface area contributed by atoms with Gasteiger partial charge in [0.2, 0.25) is 0 Å². The third-order valence-electron chi connectivity index (χ3n) is 3.65. The molecular formula is C18H28N4O2S. The molecule has 25 heavy (non-hydrogen) atoms. The van der Waals surface area contributed by atoms with E-state index < -0.39 is 0 Å². The maximum atomic E-state index is 5.38. The van der Waals surface area contributed by atoms with Crippen LogP contribution in [-0.4, -0.2) is 55.7 Å². The van der Waals surface area contributed by atoms with Gasteiger partial charge < -0.3 is 19.4 Å². The van der Waals surface area contributed by atoms with Crippen molar-refractivity contribution >= 4 is 17.3 Å². The number of thiazole rings is 1. The molecule has 2 aromatic heterocycles. The van der Waals surface area contributed by atoms with Crippen LogP contribution < -0.4 is 5.32 Å². The minimum atomic E-state index is 0.752. The van der Waals surface area contributed by atoms with Gasteiger partial charge in [-0.05, 0) is 25.5 Å². The van der Waals surface area contributed by atoms with Crippen LogP contribution in [0.15, 0.2) is 39.4 Å². The van der Waals surface area contributed by atoms with E-state index in [9.17, 15) is 0 Å². The first kappa shape index (κ1) is 19.5. The Labute approximate surface area is 153 Å². The normalized spacial score (nSPS) is 11.7. The molecule has 0 aliphatic rings. The number of hydrogen-bond donors (Lipinski definition) is 1. The summed E-state index contributed by atoms with van der Waals surface area (Å²) in [6.07, 6.45) is 6.25. The van der Waals surface area contributed by atoms with Crippen molar-refractivity contribution in [1.82, 2.24) is 15.2 Å². The minimum Gasteiger partial charge on any atom is -0.469 e. The quantitative estimate of drug-likeness (QED) is 0.377. The van der Waals surface area contributed by atoms with E-state index in [1.165, 1.54) is 0 Å². The molecule has 0 aliphatic carbocycles. The smallest absolute Gasteiger partial charge is 0.193 e. The molecule has 2 aromatic rings. The number of guanidine groups is 1. The number of aliphatic imine (C=N–C) groups is 1. The molecule has 0 amide bonds. The van der Waals surface area contributed by atoms with Crippen molar-refractivity contribution in [3.05, 3.63) is 40.7 Å². The van der Waals surface area contributed by atoms with E-state index in [2.05, 4.69) is 22.2 Å². The van der Waals surface area contributed by atoms with E-state index in [0.29, 0.717) is 0 Å². The topological polar surface area (TPSA) is 62.9 Å². The van der Waals surface area contributed by atoms with Gasteiger partial charge >= 0.3 is 0 Å². The van der Waals surface area contributed by atoms with Gasteiger partial charge in [-0.3, -0.25) is 4.99 Å². The Bertz CT molecular complexity index is 584. The van der Waals surface area contributed by atoms with Crippen LogP contribution in [-0.2, 0) is 17.6 Å². The molecule has 0 unspecified atom stereocenters. The third-order valence-corrected chi connectivity index (χ3v) is 4.49. The van der Waals surface area contributed by atoms with Crippen LogP contribution >= 0.6 is 11.3 Å². The lowest BCUT2D eigenvalue weighted by Gasteiger charge is -2.22. The first-order valence-corrected chi connectivity index (χ1v) is 9.65. The van der Waals surface area contributed by atoms with Gasteiger partial charge in [0, 0.05) is 64.3 Å². The number of furan rings is 1. The fraction of sp³-hybridized carbons (Fsp3) is 0.556. The van der Waals surface area contributed by atoms with Crippen molar-refractivity contribution in [2.24, 2.45) is 4.99 Å². The number of hydrogen-bond acceptors (Lipinski definition) is 5. The fourth-order valence-electron chi connectivity index (χ4n) is 2.31. The van der Waals surface area contributed by atoms with E-state index in [4.69, 9.17) is 14.1 Å². The van der Waals surface area contributed by atoms with Crippen molar-refractivity contribution in [3.63, 3.8) is 0 Å². The van der Waals surface area contributed by atoms with Crippen LogP contribution in [0.5, 0.6) is 0 Å². The van der Waals surface area contributed by atoms with Crippen molar-refractivity contribution in [2.45, 2.75) is 26.2 Å². The van der Waals surface area contributed by atoms with Crippen LogP contribution in [0.4, 0.5) is 0 Å². The Morgan fingerprint density at radius 2 is 2.36 bits per heavy atom. The molecule has 0 spiro atoms. The highest BCUT2D eigenvalue weighted by Gasteiger charge is 2.08. The summed E-state index contributed by atoms with van der Waals surface area (Å²) in [6.45, 7) is 5.95. The number of rotatable bonds is 11. The molecule has 0 atom stereocenters. The van der Waals surface area contributed by atoms with Crippen LogP contribution in [0.3, 0.4) is 0 Å². The zero-order valence-corrected chi connectivity index (χ0v) is 15.9. The zero-order chi connectivity index (χ0) is 17.7. The Morgan fingerprint density at radius 1 is 1.44 bits per heavy atom. The molecule has 2 rings (SSSR count). The second-order valence-electron chi connectivity index (χ2n) is 5.61. The van der Waals surface area contributed by atoms with Crippen molar-refractivity contribution in [2.75, 3.05) is 39.9 Å². The molecule has 0 fully saturated rings. The standard InChI is InChI=1S/C18H28N4O2S/c1-3-23-13-5-9-20-18(21-10-7-16-6-4-14-24-16)22(2)12-8-17-19-11-15-25-17/h4,6,11,14-15H,3,5,7-10,12-13H2,1-2H3,(H,20,21). The summed E-state index contributed by atoms with van der Waals surface area (Å²) in [5.74, 6) is 1.90. The second kappa shape index (κ2) is 11.7. The highest BCUT2D eigenvalue weighted by molar-refractivity contribution is 7.09. The van der Waals surface area contributed by atoms with E-state index in [1.54, 1.807) is 17.6 Å². The van der Waals surface area contributed by atoms with E-state index >= 15 is 0 Å². The van der Waals surface area contributed by atoms with Gasteiger partial charge in [0.15, 0.2) is 5.96 Å². The second-order valence-corrected chi connectivity index (χ2v) is 6.59. The Kier molecular flexibility index (Phi) is 9.07. The molecule has 0 aromatic carbocycles. The summed E-state index contributed by atoms with van der Waals surface area (Å²) >= 11 is 1.69. The average Bonchev–Trinajstić information content (AvgIpc) is 3.31. The van der Waals surface area contributed by atoms with Crippen molar-refractivity contribution in [1.29, 1.82) is 0 Å². The van der Waals surface area contributed by atoms with Gasteiger partial charge in [0.05, 0.1) is 11.3 Å². The minimum absolute atomic E-state index is 0.752. The van der Waals surface area contributed by atoms with E-state index in [1.807, 2.05) is 30.6 Å². The summed E-state index contributed by atoms with van der Waals surface area (Å²) in [6, 6.07) is 3.91. The first-order chi connectivity index (χ1) is 12.3. The summed E-state index contributed by atoms with van der Waals surface area (Å²) in [4.78, 5) is 11.2. The molecule has 0 aliphatic heterocycles. The summed E-state index contributed by atoms with van der Waals surface area (Å²) in [5.41, 5.74) is 0. The maximum absolute atomic E-state index is 5.38. The molecule has 7 heteroatoms. The van der Waals surface area contributed by atoms with Crippen molar-refractivity contribution in [3.8, 4) is 0 Å². The predicted molar refractivity (Wildman–Crippen MR) is 102 cm³/mol. The van der Waals surface area contributed by atoms with Gasteiger partial charge in [-0.25, -0.2) is 4.98 Å². The SMILES string of the molecule is CCOCCCN=C(NCCc1ccco1)N(C)CCc1nccs1. The van der Waals surface area contributed by atoms with Crippen LogP contribution in [0, 0.1) is 0 Å². The van der Waals surface area contributed by atoms with Gasteiger partial charge in [-0.2, -0.15) is 0 Å². The van der Waals surface area contributed by atoms with Gasteiger partial charge in [-0.15, -0.1) is 11.3 Å². The maximum Gasteiger partial charge on any atom is 0.193 e. The Hall–Kier alpha value is -1.86. The lowest BCUT2D eigenvalue weighted by Crippen LogP contribution is -2.41. The molecule has 1 N–H and O–H groups in total. The lowest BCUT2D eigenvalue weighted by molar-refractivity contribution is 0.146. The Morgan fingerprint density at radius 3 is 3.08 bits per heavy atom. The number of ether oxygens (including phenoxy) is 1. The summed E-state index contributed by atoms with van der Waals surface area (Å²) in [5, 5.41) is 6.60. The first-order valence-electron chi connectivity index (χ1n) is 8.77. The molecule has 0 bridgehead atoms. The molecule has 138 valence electrons. The summed E-state index contributed by atoms with van der Waals surface area (Å²) < 4.78 is 10.8. The molecule has 6 nitrogen and oxygen atoms in total. The van der Waals surface area contributed by atoms with Crippen LogP contribution in [0.2, 0.25) is 0 Å². The monoisotopic (exact) mass is 364 g/mol. The molecule has 0 saturated heterocycles. The van der Waals surface area contributed by atoms with Gasteiger partial charge in [-0.1, -0.05) is 0 Å². The molecule has 2 heterocycles. The fourth-order valence-corrected chi connectivity index (χ4v) is 2.92. The van der Waals surface area contributed by atoms with Gasteiger partial charge in [0.25, 0.3) is 0 Å². The average molecular weight is 365 g/mol.